The summed E-state index contributed by atoms with van der Waals surface area (Å²) in [5.74, 6) is 0.0905. The van der Waals surface area contributed by atoms with Gasteiger partial charge in [-0.3, -0.25) is 4.79 Å². The number of benzene rings is 1. The maximum absolute atomic E-state index is 12.3. The maximum Gasteiger partial charge on any atom is 0.257 e. The number of aromatic nitrogens is 1. The van der Waals surface area contributed by atoms with Crippen LogP contribution in [0.15, 0.2) is 22.7 Å². The Kier molecular flexibility index (Phi) is 5.22. The van der Waals surface area contributed by atoms with Gasteiger partial charge in [-0.2, -0.15) is 0 Å². The first-order chi connectivity index (χ1) is 10.1. The number of halogens is 2. The van der Waals surface area contributed by atoms with E-state index >= 15 is 0 Å². The smallest absolute Gasteiger partial charge is 0.257 e. The Bertz CT molecular complexity index is 635. The van der Waals surface area contributed by atoms with E-state index in [1.165, 1.54) is 0 Å². The summed E-state index contributed by atoms with van der Waals surface area (Å²) in [5, 5.41) is 7.46. The van der Waals surface area contributed by atoms with Crippen molar-refractivity contribution in [3.8, 4) is 11.3 Å². The topological polar surface area (TPSA) is 64.4 Å². The number of aryl methyl sites for hydroxylation is 1. The second-order valence-electron chi connectivity index (χ2n) is 4.31. The van der Waals surface area contributed by atoms with E-state index in [9.17, 15) is 4.79 Å². The number of methoxy groups -OCH3 is 1. The van der Waals surface area contributed by atoms with Crippen molar-refractivity contribution in [2.45, 2.75) is 6.92 Å². The molecule has 21 heavy (non-hydrogen) atoms. The third-order valence-corrected chi connectivity index (χ3v) is 3.51. The molecule has 0 bridgehead atoms. The molecule has 2 aromatic rings. The second kappa shape index (κ2) is 6.93. The predicted molar refractivity (Wildman–Crippen MR) is 80.9 cm³/mol. The van der Waals surface area contributed by atoms with Crippen LogP contribution in [0.2, 0.25) is 10.0 Å². The van der Waals surface area contributed by atoms with Crippen LogP contribution in [0.1, 0.15) is 16.1 Å². The van der Waals surface area contributed by atoms with E-state index in [-0.39, 0.29) is 5.91 Å². The Hall–Kier alpha value is -1.56. The number of rotatable bonds is 5. The molecule has 0 aliphatic carbocycles. The van der Waals surface area contributed by atoms with Crippen LogP contribution in [0.4, 0.5) is 0 Å². The van der Waals surface area contributed by atoms with Gasteiger partial charge < -0.3 is 14.6 Å². The first-order valence-electron chi connectivity index (χ1n) is 6.24. The lowest BCUT2D eigenvalue weighted by Crippen LogP contribution is -2.27. The van der Waals surface area contributed by atoms with Gasteiger partial charge in [0.2, 0.25) is 0 Å². The normalized spacial score (nSPS) is 10.7. The van der Waals surface area contributed by atoms with Crippen molar-refractivity contribution in [2.24, 2.45) is 0 Å². The summed E-state index contributed by atoms with van der Waals surface area (Å²) in [4.78, 5) is 12.3. The molecule has 0 radical (unpaired) electrons. The Labute approximate surface area is 132 Å². The van der Waals surface area contributed by atoms with Crippen molar-refractivity contribution < 1.29 is 14.1 Å². The van der Waals surface area contributed by atoms with Gasteiger partial charge in [-0.15, -0.1) is 0 Å². The van der Waals surface area contributed by atoms with Crippen LogP contribution in [0.5, 0.6) is 0 Å². The van der Waals surface area contributed by atoms with Gasteiger partial charge in [-0.25, -0.2) is 0 Å². The molecule has 0 spiro atoms. The molecular formula is C14H14Cl2N2O3. The lowest BCUT2D eigenvalue weighted by atomic mass is 10.1. The molecule has 0 saturated heterocycles. The summed E-state index contributed by atoms with van der Waals surface area (Å²) >= 11 is 12.3. The van der Waals surface area contributed by atoms with Crippen molar-refractivity contribution in [1.82, 2.24) is 10.5 Å². The molecule has 0 aliphatic heterocycles. The zero-order valence-electron chi connectivity index (χ0n) is 11.6. The Morgan fingerprint density at radius 1 is 1.38 bits per heavy atom. The highest BCUT2D eigenvalue weighted by atomic mass is 35.5. The van der Waals surface area contributed by atoms with Crippen LogP contribution in [-0.4, -0.2) is 31.3 Å². The monoisotopic (exact) mass is 328 g/mol. The van der Waals surface area contributed by atoms with E-state index in [0.29, 0.717) is 45.8 Å². The lowest BCUT2D eigenvalue weighted by molar-refractivity contribution is 0.0936. The average molecular weight is 329 g/mol. The van der Waals surface area contributed by atoms with Crippen LogP contribution in [0.25, 0.3) is 11.3 Å². The molecular weight excluding hydrogens is 315 g/mol. The minimum atomic E-state index is -0.309. The summed E-state index contributed by atoms with van der Waals surface area (Å²) in [5.41, 5.74) is 1.13. The van der Waals surface area contributed by atoms with Crippen molar-refractivity contribution >= 4 is 29.1 Å². The van der Waals surface area contributed by atoms with Gasteiger partial charge in [0, 0.05) is 19.2 Å². The zero-order chi connectivity index (χ0) is 15.4. The molecule has 1 N–H and O–H groups in total. The van der Waals surface area contributed by atoms with Gasteiger partial charge in [0.25, 0.3) is 5.91 Å². The number of carbonyl (C=O) groups is 1. The fraction of sp³-hybridized carbons (Fsp3) is 0.286. The summed E-state index contributed by atoms with van der Waals surface area (Å²) < 4.78 is 10.0. The highest BCUT2D eigenvalue weighted by molar-refractivity contribution is 6.39. The molecule has 0 fully saturated rings. The number of nitrogens with one attached hydrogen (secondary N) is 1. The number of carbonyl (C=O) groups excluding carboxylic acids is 1. The third kappa shape index (κ3) is 3.37. The molecule has 7 heteroatoms. The minimum Gasteiger partial charge on any atom is -0.383 e. The highest BCUT2D eigenvalue weighted by Crippen LogP contribution is 2.36. The molecule has 0 atom stereocenters. The van der Waals surface area contributed by atoms with E-state index in [1.807, 2.05) is 0 Å². The minimum absolute atomic E-state index is 0.309. The molecule has 0 unspecified atom stereocenters. The number of nitrogens with zero attached hydrogens (tertiary/aromatic N) is 1. The van der Waals surface area contributed by atoms with Crippen LogP contribution in [0, 0.1) is 6.92 Å². The molecule has 1 aromatic carbocycles. The quantitative estimate of drug-likeness (QED) is 0.855. The molecule has 5 nitrogen and oxygen atoms in total. The Balaban J connectivity index is 2.41. The fourth-order valence-corrected chi connectivity index (χ4v) is 2.47. The number of amides is 1. The van der Waals surface area contributed by atoms with Crippen LogP contribution >= 0.6 is 23.2 Å². The Morgan fingerprint density at radius 2 is 2.05 bits per heavy atom. The van der Waals surface area contributed by atoms with Crippen LogP contribution < -0.4 is 5.32 Å². The van der Waals surface area contributed by atoms with Crippen molar-refractivity contribution in [3.05, 3.63) is 39.6 Å². The first-order valence-corrected chi connectivity index (χ1v) is 6.99. The summed E-state index contributed by atoms with van der Waals surface area (Å²) in [7, 11) is 1.56. The number of hydrogen-bond acceptors (Lipinski definition) is 4. The van der Waals surface area contributed by atoms with Gasteiger partial charge in [0.1, 0.15) is 17.0 Å². The highest BCUT2D eigenvalue weighted by Gasteiger charge is 2.24. The lowest BCUT2D eigenvalue weighted by Gasteiger charge is -2.07. The largest absolute Gasteiger partial charge is 0.383 e. The summed E-state index contributed by atoms with van der Waals surface area (Å²) in [6, 6.07) is 5.08. The van der Waals surface area contributed by atoms with Gasteiger partial charge in [-0.1, -0.05) is 34.4 Å². The maximum atomic E-state index is 12.3. The molecule has 1 aromatic heterocycles. The van der Waals surface area contributed by atoms with E-state index in [2.05, 4.69) is 10.5 Å². The van der Waals surface area contributed by atoms with Crippen molar-refractivity contribution in [1.29, 1.82) is 0 Å². The Morgan fingerprint density at radius 3 is 2.67 bits per heavy atom. The van der Waals surface area contributed by atoms with Crippen molar-refractivity contribution in [2.75, 3.05) is 20.3 Å². The summed E-state index contributed by atoms with van der Waals surface area (Å²) in [6.07, 6.45) is 0. The van der Waals surface area contributed by atoms with Gasteiger partial charge in [0.15, 0.2) is 0 Å². The number of hydrogen-bond donors (Lipinski definition) is 1. The van der Waals surface area contributed by atoms with Crippen molar-refractivity contribution in [3.63, 3.8) is 0 Å². The van der Waals surface area contributed by atoms with Gasteiger partial charge in [-0.05, 0) is 19.1 Å². The van der Waals surface area contributed by atoms with E-state index in [4.69, 9.17) is 32.5 Å². The molecule has 0 saturated carbocycles. The number of ether oxygens (including phenoxy) is 1. The SMILES string of the molecule is COCCNC(=O)c1c(-c2c(Cl)cccc2Cl)noc1C. The predicted octanol–water partition coefficient (Wildman–Crippen LogP) is 3.33. The molecule has 1 heterocycles. The third-order valence-electron chi connectivity index (χ3n) is 2.88. The average Bonchev–Trinajstić information content (AvgIpc) is 2.80. The molecule has 0 aliphatic rings. The standard InChI is InChI=1S/C14H14Cl2N2O3/c1-8-11(14(19)17-6-7-20-2)13(18-21-8)12-9(15)4-3-5-10(12)16/h3-5H,6-7H2,1-2H3,(H,17,19). The first kappa shape index (κ1) is 15.8. The van der Waals surface area contributed by atoms with E-state index in [0.717, 1.165) is 0 Å². The zero-order valence-corrected chi connectivity index (χ0v) is 13.1. The molecule has 1 amide bonds. The van der Waals surface area contributed by atoms with E-state index in [1.54, 1.807) is 32.2 Å². The summed E-state index contributed by atoms with van der Waals surface area (Å²) in [6.45, 7) is 2.46. The van der Waals surface area contributed by atoms with E-state index < -0.39 is 0 Å². The van der Waals surface area contributed by atoms with Crippen LogP contribution in [0.3, 0.4) is 0 Å². The molecule has 2 rings (SSSR count). The van der Waals surface area contributed by atoms with Crippen LogP contribution in [-0.2, 0) is 4.74 Å². The molecule has 112 valence electrons. The van der Waals surface area contributed by atoms with Gasteiger partial charge in [0.05, 0.1) is 16.7 Å². The van der Waals surface area contributed by atoms with Gasteiger partial charge >= 0.3 is 0 Å². The fourth-order valence-electron chi connectivity index (χ4n) is 1.89. The second-order valence-corrected chi connectivity index (χ2v) is 5.12.